The largest absolute Gasteiger partial charge is 0.462 e. The fourth-order valence-electron chi connectivity index (χ4n) is 2.87. The molecular formula is C19H21NO2. The maximum Gasteiger partial charge on any atom is 0.338 e. The molecule has 3 rings (SSSR count). The van der Waals surface area contributed by atoms with Gasteiger partial charge in [-0.3, -0.25) is 0 Å². The lowest BCUT2D eigenvalue weighted by Crippen LogP contribution is -2.32. The maximum atomic E-state index is 12.4. The molecule has 0 aliphatic carbocycles. The number of nitrogens with one attached hydrogen (secondary N) is 1. The average Bonchev–Trinajstić information content (AvgIpc) is 2.61. The van der Waals surface area contributed by atoms with E-state index in [1.165, 1.54) is 0 Å². The van der Waals surface area contributed by atoms with Crippen molar-refractivity contribution in [2.45, 2.75) is 12.8 Å². The van der Waals surface area contributed by atoms with Crippen LogP contribution in [-0.4, -0.2) is 25.7 Å². The summed E-state index contributed by atoms with van der Waals surface area (Å²) in [5, 5.41) is 3.34. The topological polar surface area (TPSA) is 38.3 Å². The van der Waals surface area contributed by atoms with Gasteiger partial charge >= 0.3 is 5.97 Å². The van der Waals surface area contributed by atoms with Gasteiger partial charge in [-0.2, -0.15) is 0 Å². The Bertz CT molecular complexity index is 618. The quantitative estimate of drug-likeness (QED) is 0.877. The molecule has 1 aliphatic rings. The average molecular weight is 295 g/mol. The molecule has 1 aliphatic heterocycles. The summed E-state index contributed by atoms with van der Waals surface area (Å²) in [7, 11) is 0. The SMILES string of the molecule is O=C(OCC1CCCNC1)c1ccccc1-c1ccccc1. The number of carbonyl (C=O) groups excluding carboxylic acids is 1. The molecule has 0 spiro atoms. The van der Waals surface area contributed by atoms with E-state index in [1.807, 2.05) is 54.6 Å². The summed E-state index contributed by atoms with van der Waals surface area (Å²) in [6.07, 6.45) is 2.28. The van der Waals surface area contributed by atoms with Crippen molar-refractivity contribution >= 4 is 5.97 Å². The van der Waals surface area contributed by atoms with E-state index >= 15 is 0 Å². The molecule has 2 aromatic carbocycles. The summed E-state index contributed by atoms with van der Waals surface area (Å²) >= 11 is 0. The van der Waals surface area contributed by atoms with Gasteiger partial charge < -0.3 is 10.1 Å². The van der Waals surface area contributed by atoms with Gasteiger partial charge in [0.15, 0.2) is 0 Å². The number of benzene rings is 2. The molecule has 1 unspecified atom stereocenters. The molecule has 0 amide bonds. The number of rotatable bonds is 4. The predicted molar refractivity (Wildman–Crippen MR) is 87.8 cm³/mol. The Morgan fingerprint density at radius 1 is 1.09 bits per heavy atom. The van der Waals surface area contributed by atoms with E-state index in [2.05, 4.69) is 5.32 Å². The number of hydrogen-bond acceptors (Lipinski definition) is 3. The second kappa shape index (κ2) is 7.23. The third-order valence-electron chi connectivity index (χ3n) is 4.08. The first kappa shape index (κ1) is 14.8. The second-order valence-corrected chi connectivity index (χ2v) is 5.72. The lowest BCUT2D eigenvalue weighted by Gasteiger charge is -2.22. The normalized spacial score (nSPS) is 17.9. The molecule has 1 N–H and O–H groups in total. The summed E-state index contributed by atoms with van der Waals surface area (Å²) in [4.78, 5) is 12.4. The fourth-order valence-corrected chi connectivity index (χ4v) is 2.87. The molecule has 0 bridgehead atoms. The summed E-state index contributed by atoms with van der Waals surface area (Å²) in [5.41, 5.74) is 2.60. The van der Waals surface area contributed by atoms with Crippen LogP contribution in [-0.2, 0) is 4.74 Å². The first-order valence-electron chi connectivity index (χ1n) is 7.87. The van der Waals surface area contributed by atoms with Crippen LogP contribution >= 0.6 is 0 Å². The molecule has 3 heteroatoms. The number of esters is 1. The van der Waals surface area contributed by atoms with Gasteiger partial charge in [0, 0.05) is 12.5 Å². The first-order chi connectivity index (χ1) is 10.8. The molecule has 2 aromatic rings. The van der Waals surface area contributed by atoms with Crippen molar-refractivity contribution in [3.05, 3.63) is 60.2 Å². The first-order valence-corrected chi connectivity index (χ1v) is 7.87. The fraction of sp³-hybridized carbons (Fsp3) is 0.316. The Kier molecular flexibility index (Phi) is 4.86. The third kappa shape index (κ3) is 3.55. The maximum absolute atomic E-state index is 12.4. The van der Waals surface area contributed by atoms with Crippen LogP contribution in [0.3, 0.4) is 0 Å². The lowest BCUT2D eigenvalue weighted by atomic mass is 9.99. The summed E-state index contributed by atoms with van der Waals surface area (Å²) in [6.45, 7) is 2.50. The van der Waals surface area contributed by atoms with E-state index < -0.39 is 0 Å². The molecule has 1 heterocycles. The Morgan fingerprint density at radius 3 is 2.64 bits per heavy atom. The second-order valence-electron chi connectivity index (χ2n) is 5.72. The van der Waals surface area contributed by atoms with Crippen LogP contribution in [0.15, 0.2) is 54.6 Å². The lowest BCUT2D eigenvalue weighted by molar-refractivity contribution is 0.0422. The Labute approximate surface area is 131 Å². The minimum absolute atomic E-state index is 0.231. The minimum Gasteiger partial charge on any atom is -0.462 e. The van der Waals surface area contributed by atoms with Gasteiger partial charge in [-0.15, -0.1) is 0 Å². The van der Waals surface area contributed by atoms with Crippen molar-refractivity contribution < 1.29 is 9.53 Å². The predicted octanol–water partition coefficient (Wildman–Crippen LogP) is 3.51. The van der Waals surface area contributed by atoms with E-state index in [1.54, 1.807) is 0 Å². The van der Waals surface area contributed by atoms with Crippen molar-refractivity contribution in [3.8, 4) is 11.1 Å². The minimum atomic E-state index is -0.231. The van der Waals surface area contributed by atoms with E-state index in [0.717, 1.165) is 37.1 Å². The number of piperidine rings is 1. The van der Waals surface area contributed by atoms with Crippen LogP contribution in [0.4, 0.5) is 0 Å². The van der Waals surface area contributed by atoms with Crippen LogP contribution in [0.5, 0.6) is 0 Å². The highest BCUT2D eigenvalue weighted by atomic mass is 16.5. The van der Waals surface area contributed by atoms with E-state index in [9.17, 15) is 4.79 Å². The van der Waals surface area contributed by atoms with Crippen molar-refractivity contribution in [1.29, 1.82) is 0 Å². The molecule has 0 radical (unpaired) electrons. The molecule has 114 valence electrons. The van der Waals surface area contributed by atoms with E-state index in [-0.39, 0.29) is 5.97 Å². The van der Waals surface area contributed by atoms with Gasteiger partial charge in [-0.25, -0.2) is 4.79 Å². The standard InChI is InChI=1S/C19H21NO2/c21-19(22-14-15-7-6-12-20-13-15)18-11-5-4-10-17(18)16-8-2-1-3-9-16/h1-5,8-11,15,20H,6-7,12-14H2. The summed E-state index contributed by atoms with van der Waals surface area (Å²) in [6, 6.07) is 17.6. The van der Waals surface area contributed by atoms with Gasteiger partial charge in [0.2, 0.25) is 0 Å². The molecule has 1 saturated heterocycles. The third-order valence-corrected chi connectivity index (χ3v) is 4.08. The van der Waals surface area contributed by atoms with Crippen LogP contribution < -0.4 is 5.32 Å². The van der Waals surface area contributed by atoms with Crippen LogP contribution in [0.2, 0.25) is 0 Å². The zero-order chi connectivity index (χ0) is 15.2. The van der Waals surface area contributed by atoms with Crippen LogP contribution in [0, 0.1) is 5.92 Å². The van der Waals surface area contributed by atoms with E-state index in [4.69, 9.17) is 4.74 Å². The smallest absolute Gasteiger partial charge is 0.338 e. The highest BCUT2D eigenvalue weighted by molar-refractivity contribution is 5.97. The summed E-state index contributed by atoms with van der Waals surface area (Å²) in [5.74, 6) is 0.201. The van der Waals surface area contributed by atoms with Crippen LogP contribution in [0.1, 0.15) is 23.2 Å². The molecule has 1 atom stereocenters. The molecule has 22 heavy (non-hydrogen) atoms. The molecular weight excluding hydrogens is 274 g/mol. The Balaban J connectivity index is 1.72. The monoisotopic (exact) mass is 295 g/mol. The van der Waals surface area contributed by atoms with Gasteiger partial charge in [-0.05, 0) is 36.6 Å². The highest BCUT2D eigenvalue weighted by Crippen LogP contribution is 2.24. The van der Waals surface area contributed by atoms with Crippen LogP contribution in [0.25, 0.3) is 11.1 Å². The van der Waals surface area contributed by atoms with Crippen molar-refractivity contribution in [2.24, 2.45) is 5.92 Å². The zero-order valence-corrected chi connectivity index (χ0v) is 12.6. The highest BCUT2D eigenvalue weighted by Gasteiger charge is 2.18. The van der Waals surface area contributed by atoms with Gasteiger partial charge in [0.1, 0.15) is 0 Å². The van der Waals surface area contributed by atoms with Crippen molar-refractivity contribution in [3.63, 3.8) is 0 Å². The van der Waals surface area contributed by atoms with Crippen molar-refractivity contribution in [1.82, 2.24) is 5.32 Å². The number of ether oxygens (including phenoxy) is 1. The molecule has 3 nitrogen and oxygen atoms in total. The zero-order valence-electron chi connectivity index (χ0n) is 12.6. The Hall–Kier alpha value is -2.13. The van der Waals surface area contributed by atoms with E-state index in [0.29, 0.717) is 18.1 Å². The molecule has 0 saturated carbocycles. The summed E-state index contributed by atoms with van der Waals surface area (Å²) < 4.78 is 5.55. The number of hydrogen-bond donors (Lipinski definition) is 1. The van der Waals surface area contributed by atoms with Gasteiger partial charge in [0.05, 0.1) is 12.2 Å². The Morgan fingerprint density at radius 2 is 1.86 bits per heavy atom. The molecule has 1 fully saturated rings. The van der Waals surface area contributed by atoms with Gasteiger partial charge in [-0.1, -0.05) is 48.5 Å². The van der Waals surface area contributed by atoms with Crippen molar-refractivity contribution in [2.75, 3.05) is 19.7 Å². The number of carbonyl (C=O) groups is 1. The van der Waals surface area contributed by atoms with Gasteiger partial charge in [0.25, 0.3) is 0 Å². The molecule has 0 aromatic heterocycles.